The van der Waals surface area contributed by atoms with E-state index in [9.17, 15) is 13.2 Å². The van der Waals surface area contributed by atoms with E-state index in [2.05, 4.69) is 35.2 Å². The molecule has 0 atom stereocenters. The average Bonchev–Trinajstić information content (AvgIpc) is 3.21. The fourth-order valence-electron chi connectivity index (χ4n) is 3.02. The summed E-state index contributed by atoms with van der Waals surface area (Å²) in [6, 6.07) is 3.86. The first-order chi connectivity index (χ1) is 15.5. The second kappa shape index (κ2) is 15.8. The SMILES string of the molecule is C=C(/C=C(/c1cc2n(n1)CCCC2)C(C)C)C(F)(F)F.CC.Cc1ccnc(N)c1C.[Sb][I]. The number of aryl methyl sites for hydroxylation is 3. The Bertz CT molecular complexity index is 862. The van der Waals surface area contributed by atoms with Gasteiger partial charge in [-0.2, -0.15) is 18.3 Å². The molecule has 0 bridgehead atoms. The minimum absolute atomic E-state index is 0.0361. The Morgan fingerprint density at radius 1 is 1.24 bits per heavy atom. The number of anilines is 1. The van der Waals surface area contributed by atoms with E-state index < -0.39 is 11.7 Å². The van der Waals surface area contributed by atoms with Crippen molar-refractivity contribution >= 4 is 48.9 Å². The van der Waals surface area contributed by atoms with Gasteiger partial charge in [0.25, 0.3) is 0 Å². The fraction of sp³-hybridized carbons (Fsp3) is 0.500. The van der Waals surface area contributed by atoms with Gasteiger partial charge in [0.05, 0.1) is 5.69 Å². The van der Waals surface area contributed by atoms with Crippen molar-refractivity contribution in [2.24, 2.45) is 5.92 Å². The van der Waals surface area contributed by atoms with Crippen molar-refractivity contribution in [3.05, 3.63) is 59.1 Å². The number of rotatable bonds is 3. The molecule has 0 unspecified atom stereocenters. The van der Waals surface area contributed by atoms with E-state index in [1.165, 1.54) is 5.56 Å². The van der Waals surface area contributed by atoms with Gasteiger partial charge in [0.2, 0.25) is 0 Å². The van der Waals surface area contributed by atoms with Crippen LogP contribution < -0.4 is 5.73 Å². The molecule has 0 fully saturated rings. The molecular weight excluding hydrogens is 650 g/mol. The summed E-state index contributed by atoms with van der Waals surface area (Å²) >= 11 is 3.92. The van der Waals surface area contributed by atoms with Crippen LogP contribution in [0.5, 0.6) is 0 Å². The number of nitrogen functional groups attached to an aromatic ring is 1. The number of fused-ring (bicyclic) bond motifs is 1. The molecule has 0 saturated heterocycles. The van der Waals surface area contributed by atoms with Crippen LogP contribution in [-0.2, 0) is 13.0 Å². The second-order valence-electron chi connectivity index (χ2n) is 7.62. The summed E-state index contributed by atoms with van der Waals surface area (Å²) in [4.78, 5) is 3.92. The average molecular weight is 685 g/mol. The van der Waals surface area contributed by atoms with Crippen molar-refractivity contribution in [1.29, 1.82) is 0 Å². The molecule has 0 amide bonds. The summed E-state index contributed by atoms with van der Waals surface area (Å²) in [5, 5.41) is 4.45. The first kappa shape index (κ1) is 32.0. The molecule has 4 nitrogen and oxygen atoms in total. The Labute approximate surface area is 219 Å². The van der Waals surface area contributed by atoms with E-state index in [-0.39, 0.29) is 5.92 Å². The van der Waals surface area contributed by atoms with Crippen LogP contribution in [0.2, 0.25) is 0 Å². The molecule has 1 aliphatic heterocycles. The number of hydrogen-bond donors (Lipinski definition) is 1. The summed E-state index contributed by atoms with van der Waals surface area (Å²) in [6.45, 7) is 15.7. The van der Waals surface area contributed by atoms with Crippen LogP contribution in [0.15, 0.2) is 36.6 Å². The van der Waals surface area contributed by atoms with Crippen LogP contribution in [0.1, 0.15) is 63.1 Å². The van der Waals surface area contributed by atoms with Crippen LogP contribution in [0, 0.1) is 19.8 Å². The van der Waals surface area contributed by atoms with Crippen molar-refractivity contribution in [3.8, 4) is 0 Å². The van der Waals surface area contributed by atoms with Crippen LogP contribution in [0.3, 0.4) is 0 Å². The fourth-order valence-corrected chi connectivity index (χ4v) is 3.02. The molecule has 3 rings (SSSR count). The molecule has 2 aromatic rings. The number of alkyl halides is 3. The Morgan fingerprint density at radius 2 is 1.85 bits per heavy atom. The van der Waals surface area contributed by atoms with Crippen molar-refractivity contribution in [3.63, 3.8) is 0 Å². The first-order valence-electron chi connectivity index (χ1n) is 10.9. The number of halogens is 4. The van der Waals surface area contributed by atoms with Crippen LogP contribution in [0.4, 0.5) is 19.0 Å². The van der Waals surface area contributed by atoms with Gasteiger partial charge in [-0.1, -0.05) is 34.3 Å². The molecule has 2 aromatic heterocycles. The van der Waals surface area contributed by atoms with Crippen molar-refractivity contribution in [2.75, 3.05) is 5.73 Å². The Hall–Kier alpha value is -1.02. The van der Waals surface area contributed by atoms with Gasteiger partial charge in [0.15, 0.2) is 0 Å². The first-order valence-corrected chi connectivity index (χ1v) is 18.3. The summed E-state index contributed by atoms with van der Waals surface area (Å²) in [6.07, 6.45) is 1.58. The number of pyridine rings is 1. The van der Waals surface area contributed by atoms with Crippen molar-refractivity contribution < 1.29 is 13.2 Å². The number of aromatic nitrogens is 3. The second-order valence-corrected chi connectivity index (χ2v) is 7.62. The van der Waals surface area contributed by atoms with E-state index in [0.717, 1.165) is 43.1 Å². The molecule has 0 saturated carbocycles. The molecule has 9 heteroatoms. The van der Waals surface area contributed by atoms with E-state index in [1.807, 2.05) is 58.4 Å². The third-order valence-electron chi connectivity index (χ3n) is 5.04. The molecule has 0 spiro atoms. The van der Waals surface area contributed by atoms with E-state index in [0.29, 0.717) is 17.1 Å². The molecule has 2 radical (unpaired) electrons. The van der Waals surface area contributed by atoms with Gasteiger partial charge in [0.1, 0.15) is 5.82 Å². The topological polar surface area (TPSA) is 56.7 Å². The molecular formula is C24H35F3IN4Sb. The zero-order chi connectivity index (χ0) is 25.8. The van der Waals surface area contributed by atoms with Gasteiger partial charge >= 0.3 is 43.7 Å². The maximum atomic E-state index is 12.6. The minimum atomic E-state index is -4.39. The van der Waals surface area contributed by atoms with Gasteiger partial charge in [-0.15, -0.1) is 0 Å². The monoisotopic (exact) mass is 684 g/mol. The third kappa shape index (κ3) is 10.4. The van der Waals surface area contributed by atoms with Gasteiger partial charge in [-0.3, -0.25) is 4.68 Å². The third-order valence-corrected chi connectivity index (χ3v) is 5.04. The van der Waals surface area contributed by atoms with Crippen molar-refractivity contribution in [2.45, 2.75) is 73.5 Å². The zero-order valence-electron chi connectivity index (χ0n) is 20.3. The quantitative estimate of drug-likeness (QED) is 0.212. The molecule has 2 N–H and O–H groups in total. The number of nitrogens with two attached hydrogens (primary N) is 1. The molecule has 3 heterocycles. The Balaban J connectivity index is 0.000000658. The maximum absolute atomic E-state index is 12.6. The number of hydrogen-bond acceptors (Lipinski definition) is 3. The summed E-state index contributed by atoms with van der Waals surface area (Å²) < 4.78 is 39.8. The van der Waals surface area contributed by atoms with E-state index in [1.54, 1.807) is 25.2 Å². The van der Waals surface area contributed by atoms with Crippen LogP contribution in [-0.4, -0.2) is 39.9 Å². The van der Waals surface area contributed by atoms with Gasteiger partial charge in [-0.25, -0.2) is 4.98 Å². The van der Waals surface area contributed by atoms with Gasteiger partial charge in [0, 0.05) is 24.0 Å². The molecule has 0 aliphatic carbocycles. The molecule has 1 aliphatic rings. The van der Waals surface area contributed by atoms with Crippen LogP contribution >= 0.6 is 18.5 Å². The number of allylic oxidation sites excluding steroid dienone is 3. The standard InChI is InChI=1S/C15H19F3N2.C7H10N2.C2H6.HI.Sb/c1-10(2)13(8-11(3)15(16,17)18)14-9-12-6-4-5-7-20(12)19-14;1-5-3-4-9-7(8)6(5)2;1-2;;/h8-10H,3-7H2,1-2H3;3-4H,1-2H3,(H2,8,9);1-2H3;1H;/q;;;;+1/p-1/b13-8+;;;;. The van der Waals surface area contributed by atoms with Gasteiger partial charge in [-0.05, 0) is 73.9 Å². The van der Waals surface area contributed by atoms with E-state index >= 15 is 0 Å². The Kier molecular flexibility index (Phi) is 15.3. The zero-order valence-corrected chi connectivity index (χ0v) is 25.0. The molecule has 33 heavy (non-hydrogen) atoms. The normalized spacial score (nSPS) is 12.9. The van der Waals surface area contributed by atoms with Gasteiger partial charge < -0.3 is 5.73 Å². The van der Waals surface area contributed by atoms with E-state index in [4.69, 9.17) is 5.73 Å². The summed E-state index contributed by atoms with van der Waals surface area (Å²) in [7, 11) is 0. The summed E-state index contributed by atoms with van der Waals surface area (Å²) in [5.41, 5.74) is 9.30. The predicted octanol–water partition coefficient (Wildman–Crippen LogP) is 7.19. The predicted molar refractivity (Wildman–Crippen MR) is 142 cm³/mol. The molecule has 0 aromatic carbocycles. The Morgan fingerprint density at radius 3 is 2.30 bits per heavy atom. The number of nitrogens with zero attached hydrogens (tertiary/aromatic N) is 3. The van der Waals surface area contributed by atoms with Crippen LogP contribution in [0.25, 0.3) is 5.57 Å². The molecule has 184 valence electrons. The van der Waals surface area contributed by atoms with Crippen molar-refractivity contribution in [1.82, 2.24) is 14.8 Å². The summed E-state index contributed by atoms with van der Waals surface area (Å²) in [5.74, 6) is 0.598.